The SMILES string of the molecule is CCN1c2ncccc2C(=O)Nc2c(C=O)cc(OC)nc21. The summed E-state index contributed by atoms with van der Waals surface area (Å²) in [6.07, 6.45) is 2.28. The molecule has 22 heavy (non-hydrogen) atoms. The Morgan fingerprint density at radius 3 is 2.91 bits per heavy atom. The second kappa shape index (κ2) is 5.44. The Kier molecular flexibility index (Phi) is 3.46. The van der Waals surface area contributed by atoms with Gasteiger partial charge in [-0.15, -0.1) is 0 Å². The molecule has 0 fully saturated rings. The molecule has 0 aliphatic carbocycles. The third kappa shape index (κ3) is 2.07. The summed E-state index contributed by atoms with van der Waals surface area (Å²) in [5.74, 6) is 0.914. The van der Waals surface area contributed by atoms with Crippen molar-refractivity contribution in [3.8, 4) is 5.88 Å². The first kappa shape index (κ1) is 14.0. The summed E-state index contributed by atoms with van der Waals surface area (Å²) in [7, 11) is 1.47. The van der Waals surface area contributed by atoms with Crippen LogP contribution in [-0.4, -0.2) is 35.8 Å². The van der Waals surface area contributed by atoms with Crippen LogP contribution in [0.5, 0.6) is 5.88 Å². The number of carbonyl (C=O) groups excluding carboxylic acids is 2. The lowest BCUT2D eigenvalue weighted by Gasteiger charge is -2.22. The highest BCUT2D eigenvalue weighted by molar-refractivity contribution is 6.13. The van der Waals surface area contributed by atoms with Crippen LogP contribution >= 0.6 is 0 Å². The van der Waals surface area contributed by atoms with Gasteiger partial charge in [-0.2, -0.15) is 4.98 Å². The second-order valence-electron chi connectivity index (χ2n) is 4.64. The summed E-state index contributed by atoms with van der Waals surface area (Å²) in [6.45, 7) is 2.45. The number of carbonyl (C=O) groups is 2. The molecule has 0 saturated carbocycles. The quantitative estimate of drug-likeness (QED) is 0.873. The van der Waals surface area contributed by atoms with Gasteiger partial charge in [0.1, 0.15) is 5.82 Å². The number of ether oxygens (including phenoxy) is 1. The van der Waals surface area contributed by atoms with E-state index in [1.165, 1.54) is 13.2 Å². The number of hydrogen-bond acceptors (Lipinski definition) is 6. The lowest BCUT2D eigenvalue weighted by Crippen LogP contribution is -2.20. The Balaban J connectivity index is 2.31. The number of fused-ring (bicyclic) bond motifs is 2. The van der Waals surface area contributed by atoms with Crippen molar-refractivity contribution in [2.24, 2.45) is 0 Å². The number of aldehydes is 1. The topological polar surface area (TPSA) is 84.4 Å². The molecule has 0 saturated heterocycles. The normalized spacial score (nSPS) is 12.8. The summed E-state index contributed by atoms with van der Waals surface area (Å²) in [4.78, 5) is 34.2. The van der Waals surface area contributed by atoms with E-state index in [2.05, 4.69) is 15.3 Å². The molecular weight excluding hydrogens is 284 g/mol. The fourth-order valence-corrected chi connectivity index (χ4v) is 2.42. The molecule has 2 aromatic rings. The molecule has 0 unspecified atom stereocenters. The van der Waals surface area contributed by atoms with Gasteiger partial charge in [-0.3, -0.25) is 9.59 Å². The number of rotatable bonds is 3. The highest BCUT2D eigenvalue weighted by Gasteiger charge is 2.28. The van der Waals surface area contributed by atoms with Crippen molar-refractivity contribution in [1.29, 1.82) is 0 Å². The highest BCUT2D eigenvalue weighted by Crippen LogP contribution is 2.38. The molecule has 112 valence electrons. The molecule has 0 aromatic carbocycles. The predicted octanol–water partition coefficient (Wildman–Crippen LogP) is 2.02. The first-order chi connectivity index (χ1) is 10.7. The minimum atomic E-state index is -0.324. The Morgan fingerprint density at radius 2 is 2.23 bits per heavy atom. The number of methoxy groups -OCH3 is 1. The van der Waals surface area contributed by atoms with Crippen molar-refractivity contribution in [2.45, 2.75) is 6.92 Å². The summed E-state index contributed by atoms with van der Waals surface area (Å²) < 4.78 is 5.14. The van der Waals surface area contributed by atoms with Gasteiger partial charge in [0.2, 0.25) is 5.88 Å². The largest absolute Gasteiger partial charge is 0.481 e. The molecular formula is C15H14N4O3. The number of anilines is 3. The zero-order chi connectivity index (χ0) is 15.7. The average molecular weight is 298 g/mol. The minimum Gasteiger partial charge on any atom is -0.481 e. The number of pyridine rings is 2. The molecule has 0 bridgehead atoms. The maximum Gasteiger partial charge on any atom is 0.259 e. The van der Waals surface area contributed by atoms with Gasteiger partial charge < -0.3 is 15.0 Å². The molecule has 0 radical (unpaired) electrons. The fourth-order valence-electron chi connectivity index (χ4n) is 2.42. The van der Waals surface area contributed by atoms with Crippen LogP contribution in [0, 0.1) is 0 Å². The van der Waals surface area contributed by atoms with E-state index in [-0.39, 0.29) is 5.91 Å². The highest BCUT2D eigenvalue weighted by atomic mass is 16.5. The third-order valence-electron chi connectivity index (χ3n) is 3.44. The van der Waals surface area contributed by atoms with Crippen LogP contribution in [0.1, 0.15) is 27.6 Å². The van der Waals surface area contributed by atoms with Gasteiger partial charge in [0, 0.05) is 24.4 Å². The van der Waals surface area contributed by atoms with E-state index in [1.54, 1.807) is 23.2 Å². The van der Waals surface area contributed by atoms with Gasteiger partial charge in [-0.05, 0) is 19.1 Å². The van der Waals surface area contributed by atoms with Gasteiger partial charge in [-0.1, -0.05) is 0 Å². The summed E-state index contributed by atoms with van der Waals surface area (Å²) in [5.41, 5.74) is 1.10. The number of hydrogen-bond donors (Lipinski definition) is 1. The van der Waals surface area contributed by atoms with Crippen LogP contribution in [-0.2, 0) is 0 Å². The van der Waals surface area contributed by atoms with Gasteiger partial charge in [0.25, 0.3) is 5.91 Å². The molecule has 0 spiro atoms. The van der Waals surface area contributed by atoms with E-state index in [4.69, 9.17) is 4.74 Å². The zero-order valence-electron chi connectivity index (χ0n) is 12.2. The predicted molar refractivity (Wildman–Crippen MR) is 81.0 cm³/mol. The van der Waals surface area contributed by atoms with Crippen LogP contribution < -0.4 is 15.0 Å². The van der Waals surface area contributed by atoms with Crippen molar-refractivity contribution in [3.05, 3.63) is 35.5 Å². The van der Waals surface area contributed by atoms with Crippen LogP contribution in [0.3, 0.4) is 0 Å². The number of aromatic nitrogens is 2. The van der Waals surface area contributed by atoms with Crippen molar-refractivity contribution in [1.82, 2.24) is 9.97 Å². The summed E-state index contributed by atoms with van der Waals surface area (Å²) in [6, 6.07) is 4.87. The van der Waals surface area contributed by atoms with E-state index in [0.717, 1.165) is 0 Å². The molecule has 2 aromatic heterocycles. The van der Waals surface area contributed by atoms with Crippen LogP contribution in [0.25, 0.3) is 0 Å². The molecule has 0 atom stereocenters. The van der Waals surface area contributed by atoms with Crippen LogP contribution in [0.2, 0.25) is 0 Å². The van der Waals surface area contributed by atoms with Crippen molar-refractivity contribution in [3.63, 3.8) is 0 Å². The lowest BCUT2D eigenvalue weighted by atomic mass is 10.2. The monoisotopic (exact) mass is 298 g/mol. The van der Waals surface area contributed by atoms with Crippen LogP contribution in [0.4, 0.5) is 17.3 Å². The molecule has 1 aliphatic heterocycles. The molecule has 1 amide bonds. The van der Waals surface area contributed by atoms with Crippen molar-refractivity contribution >= 4 is 29.5 Å². The maximum atomic E-state index is 12.4. The Hall–Kier alpha value is -2.96. The first-order valence-electron chi connectivity index (χ1n) is 6.77. The third-order valence-corrected chi connectivity index (χ3v) is 3.44. The average Bonchev–Trinajstić information content (AvgIpc) is 2.68. The van der Waals surface area contributed by atoms with Gasteiger partial charge in [0.15, 0.2) is 12.1 Å². The zero-order valence-corrected chi connectivity index (χ0v) is 12.2. The van der Waals surface area contributed by atoms with E-state index >= 15 is 0 Å². The molecule has 3 heterocycles. The number of nitrogens with one attached hydrogen (secondary N) is 1. The lowest BCUT2D eigenvalue weighted by molar-refractivity contribution is 0.102. The van der Waals surface area contributed by atoms with E-state index in [9.17, 15) is 9.59 Å². The Morgan fingerprint density at radius 1 is 1.41 bits per heavy atom. The smallest absolute Gasteiger partial charge is 0.259 e. The van der Waals surface area contributed by atoms with Gasteiger partial charge in [-0.25, -0.2) is 4.98 Å². The molecule has 1 aliphatic rings. The van der Waals surface area contributed by atoms with Crippen molar-refractivity contribution < 1.29 is 14.3 Å². The van der Waals surface area contributed by atoms with Crippen LogP contribution in [0.15, 0.2) is 24.4 Å². The molecule has 7 heteroatoms. The van der Waals surface area contributed by atoms with Crippen molar-refractivity contribution in [2.75, 3.05) is 23.9 Å². The molecule has 1 N–H and O–H groups in total. The fraction of sp³-hybridized carbons (Fsp3) is 0.200. The Labute approximate surface area is 126 Å². The van der Waals surface area contributed by atoms with Gasteiger partial charge in [0.05, 0.1) is 18.4 Å². The summed E-state index contributed by atoms with van der Waals surface area (Å²) in [5, 5.41) is 2.74. The molecule has 3 rings (SSSR count). The summed E-state index contributed by atoms with van der Waals surface area (Å²) >= 11 is 0. The number of nitrogens with zero attached hydrogens (tertiary/aromatic N) is 3. The van der Waals surface area contributed by atoms with E-state index in [1.807, 2.05) is 6.92 Å². The maximum absolute atomic E-state index is 12.4. The minimum absolute atomic E-state index is 0.299. The van der Waals surface area contributed by atoms with Gasteiger partial charge >= 0.3 is 0 Å². The second-order valence-corrected chi connectivity index (χ2v) is 4.64. The van der Waals surface area contributed by atoms with E-state index < -0.39 is 0 Å². The Bertz CT molecular complexity index is 760. The standard InChI is InChI=1S/C15H14N4O3/c1-3-19-13-10(5-4-6-16-13)15(21)18-12-9(8-20)7-11(22-2)17-14(12)19/h4-8H,3H2,1-2H3,(H,18,21). The first-order valence-corrected chi connectivity index (χ1v) is 6.77. The molecule has 7 nitrogen and oxygen atoms in total. The number of amides is 1. The van der Waals surface area contributed by atoms with E-state index in [0.29, 0.717) is 47.2 Å².